The maximum absolute atomic E-state index is 13.5. The molecule has 0 heterocycles. The van der Waals surface area contributed by atoms with Crippen molar-refractivity contribution in [2.45, 2.75) is 40.7 Å². The summed E-state index contributed by atoms with van der Waals surface area (Å²) < 4.78 is 13.5. The molecule has 1 aromatic rings. The quantitative estimate of drug-likeness (QED) is 0.827. The minimum absolute atomic E-state index is 0.105. The molecule has 0 spiro atoms. The highest BCUT2D eigenvalue weighted by atomic mass is 19.1. The van der Waals surface area contributed by atoms with Crippen LogP contribution in [-0.4, -0.2) is 5.11 Å². The molecule has 1 aliphatic carbocycles. The summed E-state index contributed by atoms with van der Waals surface area (Å²) in [7, 11) is 0. The number of halogens is 1. The second-order valence-electron chi connectivity index (χ2n) is 6.37. The third-order valence-corrected chi connectivity index (χ3v) is 4.99. The van der Waals surface area contributed by atoms with Gasteiger partial charge in [-0.15, -0.1) is 0 Å². The largest absolute Gasteiger partial charge is 0.388 e. The fraction of sp³-hybridized carbons (Fsp3) is 0.600. The van der Waals surface area contributed by atoms with Gasteiger partial charge in [0, 0.05) is 5.92 Å². The van der Waals surface area contributed by atoms with Crippen molar-refractivity contribution in [3.63, 3.8) is 0 Å². The van der Waals surface area contributed by atoms with Gasteiger partial charge in [-0.2, -0.15) is 0 Å². The van der Waals surface area contributed by atoms with Gasteiger partial charge in [0.25, 0.3) is 0 Å². The van der Waals surface area contributed by atoms with Gasteiger partial charge in [-0.05, 0) is 34.9 Å². The van der Waals surface area contributed by atoms with Gasteiger partial charge in [-0.1, -0.05) is 39.8 Å². The fourth-order valence-corrected chi connectivity index (χ4v) is 3.02. The van der Waals surface area contributed by atoms with E-state index in [-0.39, 0.29) is 22.6 Å². The Balaban J connectivity index is 2.28. The van der Waals surface area contributed by atoms with Crippen molar-refractivity contribution in [2.75, 3.05) is 0 Å². The van der Waals surface area contributed by atoms with Crippen molar-refractivity contribution < 1.29 is 9.50 Å². The van der Waals surface area contributed by atoms with Gasteiger partial charge >= 0.3 is 0 Å². The van der Waals surface area contributed by atoms with E-state index >= 15 is 0 Å². The van der Waals surface area contributed by atoms with Gasteiger partial charge in [0.1, 0.15) is 5.82 Å². The standard InChI is InChI=1S/C15H21FO/c1-9-6-7-10(8-11(9)16)12(17)13-14(2,3)15(13,4)5/h6-8,12-13,17H,1-5H3. The Bertz CT molecular complexity index is 434. The number of benzene rings is 1. The molecule has 1 N–H and O–H groups in total. The number of hydrogen-bond donors (Lipinski definition) is 1. The lowest BCUT2D eigenvalue weighted by atomic mass is 9.98. The van der Waals surface area contributed by atoms with Crippen LogP contribution in [0.25, 0.3) is 0 Å². The van der Waals surface area contributed by atoms with Gasteiger partial charge in [-0.25, -0.2) is 4.39 Å². The van der Waals surface area contributed by atoms with E-state index in [1.54, 1.807) is 13.0 Å². The summed E-state index contributed by atoms with van der Waals surface area (Å²) in [4.78, 5) is 0. The van der Waals surface area contributed by atoms with Crippen LogP contribution in [0.5, 0.6) is 0 Å². The van der Waals surface area contributed by atoms with Crippen LogP contribution in [0.3, 0.4) is 0 Å². The number of hydrogen-bond acceptors (Lipinski definition) is 1. The first kappa shape index (κ1) is 12.6. The summed E-state index contributed by atoms with van der Waals surface area (Å²) >= 11 is 0. The molecular formula is C15H21FO. The maximum atomic E-state index is 13.5. The van der Waals surface area contributed by atoms with Crippen LogP contribution in [0.15, 0.2) is 18.2 Å². The predicted molar refractivity (Wildman–Crippen MR) is 67.1 cm³/mol. The SMILES string of the molecule is Cc1ccc(C(O)C2C(C)(C)C2(C)C)cc1F. The van der Waals surface area contributed by atoms with Crippen LogP contribution in [0.4, 0.5) is 4.39 Å². The Morgan fingerprint density at radius 1 is 1.18 bits per heavy atom. The van der Waals surface area contributed by atoms with E-state index in [4.69, 9.17) is 0 Å². The molecule has 0 saturated heterocycles. The highest BCUT2D eigenvalue weighted by Gasteiger charge is 2.67. The average Bonchev–Trinajstić information content (AvgIpc) is 2.61. The number of aliphatic hydroxyl groups is 1. The van der Waals surface area contributed by atoms with Crippen LogP contribution in [0.1, 0.15) is 44.9 Å². The lowest BCUT2D eigenvalue weighted by molar-refractivity contribution is 0.130. The summed E-state index contributed by atoms with van der Waals surface area (Å²) in [6, 6.07) is 5.02. The summed E-state index contributed by atoms with van der Waals surface area (Å²) in [6.07, 6.45) is -0.574. The highest BCUT2D eigenvalue weighted by Crippen LogP contribution is 2.72. The van der Waals surface area contributed by atoms with Crippen LogP contribution < -0.4 is 0 Å². The molecule has 1 aromatic carbocycles. The van der Waals surface area contributed by atoms with E-state index in [0.29, 0.717) is 11.1 Å². The topological polar surface area (TPSA) is 20.2 Å². The molecular weight excluding hydrogens is 215 g/mol. The van der Waals surface area contributed by atoms with E-state index < -0.39 is 6.10 Å². The molecule has 1 saturated carbocycles. The van der Waals surface area contributed by atoms with Crippen molar-refractivity contribution in [3.05, 3.63) is 35.1 Å². The molecule has 0 bridgehead atoms. The van der Waals surface area contributed by atoms with E-state index in [1.807, 2.05) is 6.07 Å². The normalized spacial score (nSPS) is 23.5. The second-order valence-corrected chi connectivity index (χ2v) is 6.37. The molecule has 1 nitrogen and oxygen atoms in total. The Labute approximate surface area is 103 Å². The molecule has 0 aromatic heterocycles. The molecule has 2 heteroatoms. The number of rotatable bonds is 2. The third-order valence-electron chi connectivity index (χ3n) is 4.99. The third kappa shape index (κ3) is 1.70. The van der Waals surface area contributed by atoms with Crippen LogP contribution in [0, 0.1) is 29.5 Å². The molecule has 94 valence electrons. The summed E-state index contributed by atoms with van der Waals surface area (Å²) in [5, 5.41) is 10.4. The smallest absolute Gasteiger partial charge is 0.126 e. The van der Waals surface area contributed by atoms with Crippen molar-refractivity contribution in [3.8, 4) is 0 Å². The van der Waals surface area contributed by atoms with Gasteiger partial charge in [-0.3, -0.25) is 0 Å². The molecule has 0 amide bonds. The Morgan fingerprint density at radius 2 is 1.71 bits per heavy atom. The minimum Gasteiger partial charge on any atom is -0.388 e. The van der Waals surface area contributed by atoms with Crippen LogP contribution in [0.2, 0.25) is 0 Å². The zero-order valence-corrected chi connectivity index (χ0v) is 11.2. The molecule has 17 heavy (non-hydrogen) atoms. The molecule has 1 unspecified atom stereocenters. The van der Waals surface area contributed by atoms with E-state index in [0.717, 1.165) is 0 Å². The summed E-state index contributed by atoms with van der Waals surface area (Å²) in [6.45, 7) is 10.4. The Kier molecular flexibility index (Phi) is 2.62. The average molecular weight is 236 g/mol. The summed E-state index contributed by atoms with van der Waals surface area (Å²) in [5.74, 6) is -0.0464. The lowest BCUT2D eigenvalue weighted by Crippen LogP contribution is -2.06. The van der Waals surface area contributed by atoms with Gasteiger partial charge in [0.15, 0.2) is 0 Å². The minimum atomic E-state index is -0.574. The van der Waals surface area contributed by atoms with Gasteiger partial charge in [0.05, 0.1) is 6.10 Å². The maximum Gasteiger partial charge on any atom is 0.126 e. The van der Waals surface area contributed by atoms with Crippen LogP contribution in [-0.2, 0) is 0 Å². The van der Waals surface area contributed by atoms with Crippen molar-refractivity contribution in [2.24, 2.45) is 16.7 Å². The first-order valence-electron chi connectivity index (χ1n) is 6.13. The number of aryl methyl sites for hydroxylation is 1. The van der Waals surface area contributed by atoms with Gasteiger partial charge < -0.3 is 5.11 Å². The zero-order chi connectivity index (χ0) is 13.0. The first-order valence-corrected chi connectivity index (χ1v) is 6.13. The van der Waals surface area contributed by atoms with E-state index in [9.17, 15) is 9.50 Å². The van der Waals surface area contributed by atoms with E-state index in [1.165, 1.54) is 6.07 Å². The van der Waals surface area contributed by atoms with Crippen molar-refractivity contribution in [1.82, 2.24) is 0 Å². The molecule has 2 rings (SSSR count). The van der Waals surface area contributed by atoms with Crippen molar-refractivity contribution >= 4 is 0 Å². The fourth-order valence-electron chi connectivity index (χ4n) is 3.02. The second kappa shape index (κ2) is 3.55. The van der Waals surface area contributed by atoms with E-state index in [2.05, 4.69) is 27.7 Å². The molecule has 1 atom stereocenters. The molecule has 1 aliphatic rings. The predicted octanol–water partition coefficient (Wildman–Crippen LogP) is 3.85. The van der Waals surface area contributed by atoms with Gasteiger partial charge in [0.2, 0.25) is 0 Å². The summed E-state index contributed by atoms with van der Waals surface area (Å²) in [5.41, 5.74) is 1.52. The molecule has 0 radical (unpaired) electrons. The Morgan fingerprint density at radius 3 is 2.12 bits per heavy atom. The number of aliphatic hydroxyl groups excluding tert-OH is 1. The Hall–Kier alpha value is -0.890. The van der Waals surface area contributed by atoms with Crippen LogP contribution >= 0.6 is 0 Å². The first-order chi connectivity index (χ1) is 7.69. The lowest BCUT2D eigenvalue weighted by Gasteiger charge is -2.14. The van der Waals surface area contributed by atoms with Crippen molar-refractivity contribution in [1.29, 1.82) is 0 Å². The molecule has 1 fully saturated rings. The molecule has 0 aliphatic heterocycles. The highest BCUT2D eigenvalue weighted by molar-refractivity contribution is 5.29. The zero-order valence-electron chi connectivity index (χ0n) is 11.2. The monoisotopic (exact) mass is 236 g/mol.